The molecule has 0 spiro atoms. The van der Waals surface area contributed by atoms with Crippen molar-refractivity contribution in [3.05, 3.63) is 93.7 Å². The van der Waals surface area contributed by atoms with Crippen LogP contribution in [0.5, 0.6) is 0 Å². The van der Waals surface area contributed by atoms with Crippen molar-refractivity contribution in [2.24, 2.45) is 0 Å². The lowest BCUT2D eigenvalue weighted by Crippen LogP contribution is -2.45. The quantitative estimate of drug-likeness (QED) is 0.615. The highest BCUT2D eigenvalue weighted by atomic mass is 32.2. The molecule has 0 bridgehead atoms. The van der Waals surface area contributed by atoms with Crippen LogP contribution in [-0.4, -0.2) is 25.3 Å². The van der Waals surface area contributed by atoms with Crippen molar-refractivity contribution >= 4 is 10.0 Å². The molecule has 168 valence electrons. The van der Waals surface area contributed by atoms with E-state index in [1.54, 1.807) is 29.0 Å². The van der Waals surface area contributed by atoms with Crippen LogP contribution >= 0.6 is 0 Å². The Bertz CT molecular complexity index is 1290. The largest absolute Gasteiger partial charge is 0.316 e. The molecule has 0 radical (unpaired) electrons. The number of aryl methyl sites for hydroxylation is 2. The minimum atomic E-state index is -3.49. The number of halogens is 1. The van der Waals surface area contributed by atoms with Crippen molar-refractivity contribution in [1.29, 1.82) is 0 Å². The third kappa shape index (κ3) is 4.54. The Morgan fingerprint density at radius 1 is 1.09 bits per heavy atom. The van der Waals surface area contributed by atoms with Gasteiger partial charge in [-0.2, -0.15) is 0 Å². The molecule has 0 amide bonds. The Balaban J connectivity index is 1.81. The first-order valence-electron chi connectivity index (χ1n) is 10.8. The van der Waals surface area contributed by atoms with Gasteiger partial charge in [-0.1, -0.05) is 48.5 Å². The standard InChI is InChI=1S/C25H27FN2O3S/c1-3-28-15-14-18-12-13-22(27-32(2,30)31)21(23(18)25(28)29)16-19-10-7-11-20(24(19)26)17-8-5-4-6-9-17/h4-11,14-15,21-22,27H,3,12-13,16H2,1-2H3. The molecule has 7 heteroatoms. The summed E-state index contributed by atoms with van der Waals surface area (Å²) in [6.07, 6.45) is 4.28. The fourth-order valence-electron chi connectivity index (χ4n) is 4.68. The molecule has 2 atom stereocenters. The first-order chi connectivity index (χ1) is 15.3. The molecule has 1 aliphatic rings. The Morgan fingerprint density at radius 2 is 1.84 bits per heavy atom. The van der Waals surface area contributed by atoms with Gasteiger partial charge in [0.05, 0.1) is 6.26 Å². The summed E-state index contributed by atoms with van der Waals surface area (Å²) in [5.41, 5.74) is 3.10. The molecule has 1 heterocycles. The van der Waals surface area contributed by atoms with E-state index >= 15 is 4.39 Å². The van der Waals surface area contributed by atoms with Gasteiger partial charge < -0.3 is 4.57 Å². The van der Waals surface area contributed by atoms with Gasteiger partial charge in [0.25, 0.3) is 5.56 Å². The lowest BCUT2D eigenvalue weighted by atomic mass is 9.77. The van der Waals surface area contributed by atoms with E-state index < -0.39 is 22.0 Å². The second kappa shape index (κ2) is 9.00. The van der Waals surface area contributed by atoms with E-state index in [0.717, 1.165) is 17.4 Å². The summed E-state index contributed by atoms with van der Waals surface area (Å²) < 4.78 is 44.0. The third-order valence-corrected chi connectivity index (χ3v) is 6.91. The molecule has 0 fully saturated rings. The van der Waals surface area contributed by atoms with Crippen LogP contribution in [0.1, 0.15) is 36.0 Å². The number of fused-ring (bicyclic) bond motifs is 1. The second-order valence-corrected chi connectivity index (χ2v) is 10.1. The van der Waals surface area contributed by atoms with Crippen molar-refractivity contribution in [2.45, 2.75) is 44.7 Å². The normalized spacial score (nSPS) is 18.3. The number of aromatic nitrogens is 1. The average Bonchev–Trinajstić information content (AvgIpc) is 2.76. The molecule has 5 nitrogen and oxygen atoms in total. The lowest BCUT2D eigenvalue weighted by Gasteiger charge is -2.34. The minimum absolute atomic E-state index is 0.130. The smallest absolute Gasteiger partial charge is 0.254 e. The summed E-state index contributed by atoms with van der Waals surface area (Å²) >= 11 is 0. The molecule has 1 N–H and O–H groups in total. The number of nitrogens with one attached hydrogen (secondary N) is 1. The second-order valence-electron chi connectivity index (χ2n) is 8.34. The van der Waals surface area contributed by atoms with E-state index in [1.807, 2.05) is 43.3 Å². The maximum absolute atomic E-state index is 15.6. The van der Waals surface area contributed by atoms with E-state index in [1.165, 1.54) is 0 Å². The number of hydrogen-bond donors (Lipinski definition) is 1. The van der Waals surface area contributed by atoms with Gasteiger partial charge in [-0.25, -0.2) is 17.5 Å². The maximum atomic E-state index is 15.6. The van der Waals surface area contributed by atoms with Crippen molar-refractivity contribution < 1.29 is 12.8 Å². The van der Waals surface area contributed by atoms with Crippen molar-refractivity contribution in [3.8, 4) is 11.1 Å². The predicted molar refractivity (Wildman–Crippen MR) is 125 cm³/mol. The minimum Gasteiger partial charge on any atom is -0.316 e. The summed E-state index contributed by atoms with van der Waals surface area (Å²) in [6.45, 7) is 2.40. The summed E-state index contributed by atoms with van der Waals surface area (Å²) in [6, 6.07) is 16.0. The summed E-state index contributed by atoms with van der Waals surface area (Å²) in [5, 5.41) is 0. The SMILES string of the molecule is CCn1ccc2c(c1=O)C(Cc1cccc(-c3ccccc3)c1F)C(NS(C)(=O)=O)CC2. The molecule has 2 unspecified atom stereocenters. The number of pyridine rings is 1. The van der Waals surface area contributed by atoms with Gasteiger partial charge in [0, 0.05) is 35.8 Å². The van der Waals surface area contributed by atoms with Gasteiger partial charge in [0.1, 0.15) is 5.82 Å². The van der Waals surface area contributed by atoms with Crippen LogP contribution in [0, 0.1) is 5.82 Å². The van der Waals surface area contributed by atoms with Crippen LogP contribution in [0.3, 0.4) is 0 Å². The Kier molecular flexibility index (Phi) is 6.31. The Labute approximate surface area is 188 Å². The molecule has 3 aromatic rings. The topological polar surface area (TPSA) is 68.2 Å². The maximum Gasteiger partial charge on any atom is 0.254 e. The zero-order valence-corrected chi connectivity index (χ0v) is 19.0. The van der Waals surface area contributed by atoms with E-state index in [2.05, 4.69) is 4.72 Å². The van der Waals surface area contributed by atoms with Crippen LogP contribution in [-0.2, 0) is 29.4 Å². The van der Waals surface area contributed by atoms with Gasteiger partial charge in [0.15, 0.2) is 0 Å². The van der Waals surface area contributed by atoms with Crippen molar-refractivity contribution in [1.82, 2.24) is 9.29 Å². The summed E-state index contributed by atoms with van der Waals surface area (Å²) in [5.74, 6) is -0.795. The predicted octanol–water partition coefficient (Wildman–Crippen LogP) is 3.86. The fraction of sp³-hybridized carbons (Fsp3) is 0.320. The first-order valence-corrected chi connectivity index (χ1v) is 12.7. The van der Waals surface area contributed by atoms with Crippen molar-refractivity contribution in [3.63, 3.8) is 0 Å². The van der Waals surface area contributed by atoms with Crippen LogP contribution in [0.25, 0.3) is 11.1 Å². The monoisotopic (exact) mass is 454 g/mol. The van der Waals surface area contributed by atoms with Crippen molar-refractivity contribution in [2.75, 3.05) is 6.26 Å². The Hall–Kier alpha value is -2.77. The van der Waals surface area contributed by atoms with Crippen LogP contribution in [0.2, 0.25) is 0 Å². The first kappa shape index (κ1) is 22.4. The number of benzene rings is 2. The van der Waals surface area contributed by atoms with E-state index in [0.29, 0.717) is 36.1 Å². The molecule has 0 aliphatic heterocycles. The van der Waals surface area contributed by atoms with E-state index in [9.17, 15) is 13.2 Å². The van der Waals surface area contributed by atoms with Crippen LogP contribution in [0.4, 0.5) is 4.39 Å². The molecular formula is C25H27FN2O3S. The molecule has 1 aliphatic carbocycles. The highest BCUT2D eigenvalue weighted by Gasteiger charge is 2.34. The molecule has 32 heavy (non-hydrogen) atoms. The fourth-order valence-corrected chi connectivity index (χ4v) is 5.51. The molecule has 4 rings (SSSR count). The van der Waals surface area contributed by atoms with Gasteiger partial charge in [-0.15, -0.1) is 0 Å². The lowest BCUT2D eigenvalue weighted by molar-refractivity contribution is 0.419. The van der Waals surface area contributed by atoms with E-state index in [4.69, 9.17) is 0 Å². The summed E-state index contributed by atoms with van der Waals surface area (Å²) in [7, 11) is -3.49. The number of nitrogens with zero attached hydrogens (tertiary/aromatic N) is 1. The third-order valence-electron chi connectivity index (χ3n) is 6.18. The number of sulfonamides is 1. The zero-order chi connectivity index (χ0) is 22.9. The number of rotatable bonds is 6. The molecule has 1 aromatic heterocycles. The van der Waals surface area contributed by atoms with Gasteiger partial charge in [0.2, 0.25) is 10.0 Å². The van der Waals surface area contributed by atoms with Gasteiger partial charge in [-0.3, -0.25) is 4.79 Å². The highest BCUT2D eigenvalue weighted by Crippen LogP contribution is 2.35. The van der Waals surface area contributed by atoms with E-state index in [-0.39, 0.29) is 17.8 Å². The number of hydrogen-bond acceptors (Lipinski definition) is 3. The molecule has 0 saturated heterocycles. The molecule has 0 saturated carbocycles. The summed E-state index contributed by atoms with van der Waals surface area (Å²) in [4.78, 5) is 13.2. The van der Waals surface area contributed by atoms with Gasteiger partial charge >= 0.3 is 0 Å². The van der Waals surface area contributed by atoms with Crippen LogP contribution < -0.4 is 10.3 Å². The zero-order valence-electron chi connectivity index (χ0n) is 18.2. The average molecular weight is 455 g/mol. The van der Waals surface area contributed by atoms with Gasteiger partial charge in [-0.05, 0) is 48.9 Å². The highest BCUT2D eigenvalue weighted by molar-refractivity contribution is 7.88. The molecule has 2 aromatic carbocycles. The Morgan fingerprint density at radius 3 is 2.53 bits per heavy atom. The van der Waals surface area contributed by atoms with Crippen LogP contribution in [0.15, 0.2) is 65.6 Å². The molecular weight excluding hydrogens is 427 g/mol.